The fraction of sp³-hybridized carbons (Fsp3) is 0.0667. The van der Waals surface area contributed by atoms with Gasteiger partial charge in [-0.05, 0) is 42.3 Å². The third-order valence-electron chi connectivity index (χ3n) is 2.80. The molecule has 0 radical (unpaired) electrons. The van der Waals surface area contributed by atoms with Gasteiger partial charge in [-0.3, -0.25) is 5.43 Å². The Balaban J connectivity index is 2.08. The number of hydrogen-bond acceptors (Lipinski definition) is 5. The van der Waals surface area contributed by atoms with E-state index in [1.807, 2.05) is 31.2 Å². The minimum Gasteiger partial charge on any atom is -0.545 e. The number of carboxylic acids is 1. The van der Waals surface area contributed by atoms with E-state index in [1.54, 1.807) is 12.1 Å². The largest absolute Gasteiger partial charge is 0.545 e. The highest BCUT2D eigenvalue weighted by Gasteiger charge is 1.98. The maximum absolute atomic E-state index is 10.6. The molecule has 0 saturated carbocycles. The second kappa shape index (κ2) is 5.88. The van der Waals surface area contributed by atoms with Crippen LogP contribution in [0.2, 0.25) is 0 Å². The molecule has 0 amide bonds. The van der Waals surface area contributed by atoms with Gasteiger partial charge in [-0.2, -0.15) is 5.10 Å². The Kier molecular flexibility index (Phi) is 4.00. The number of nitrogens with one attached hydrogen (secondary N) is 1. The molecule has 0 spiro atoms. The van der Waals surface area contributed by atoms with Crippen LogP contribution < -0.4 is 16.3 Å². The summed E-state index contributed by atoms with van der Waals surface area (Å²) in [6.07, 6.45) is 0. The van der Waals surface area contributed by atoms with Crippen LogP contribution in [0.15, 0.2) is 53.6 Å². The zero-order valence-electron chi connectivity index (χ0n) is 11.0. The van der Waals surface area contributed by atoms with E-state index in [1.165, 1.54) is 12.1 Å². The molecule has 0 aliphatic carbocycles. The van der Waals surface area contributed by atoms with Crippen LogP contribution >= 0.6 is 0 Å². The molecular weight excluding hydrogens is 254 g/mol. The Hall–Kier alpha value is -2.82. The first-order valence-electron chi connectivity index (χ1n) is 6.04. The normalized spacial score (nSPS) is 11.2. The van der Waals surface area contributed by atoms with E-state index < -0.39 is 5.97 Å². The summed E-state index contributed by atoms with van der Waals surface area (Å²) >= 11 is 0. The number of carbonyl (C=O) groups is 1. The number of aromatic carboxylic acids is 1. The van der Waals surface area contributed by atoms with Gasteiger partial charge in [-0.15, -0.1) is 0 Å². The number of anilines is 2. The monoisotopic (exact) mass is 268 g/mol. The molecule has 0 unspecified atom stereocenters. The van der Waals surface area contributed by atoms with Crippen molar-refractivity contribution in [2.45, 2.75) is 6.92 Å². The van der Waals surface area contributed by atoms with Gasteiger partial charge in [0.15, 0.2) is 0 Å². The molecule has 0 atom stereocenters. The number of nitrogen functional groups attached to an aromatic ring is 1. The van der Waals surface area contributed by atoms with Gasteiger partial charge >= 0.3 is 0 Å². The topological polar surface area (TPSA) is 90.5 Å². The van der Waals surface area contributed by atoms with Crippen molar-refractivity contribution in [3.8, 4) is 0 Å². The number of hydrogen-bond donors (Lipinski definition) is 2. The highest BCUT2D eigenvalue weighted by atomic mass is 16.4. The molecule has 0 aromatic heterocycles. The SMILES string of the molecule is C/C(=N/Nc1ccc(C(=O)[O-])cc1)c1ccc(N)cc1. The molecule has 0 fully saturated rings. The van der Waals surface area contributed by atoms with Crippen LogP contribution in [0.25, 0.3) is 0 Å². The molecule has 2 aromatic rings. The highest BCUT2D eigenvalue weighted by molar-refractivity contribution is 5.99. The van der Waals surface area contributed by atoms with Crippen LogP contribution in [0.4, 0.5) is 11.4 Å². The van der Waals surface area contributed by atoms with Crippen molar-refractivity contribution in [3.63, 3.8) is 0 Å². The van der Waals surface area contributed by atoms with Gasteiger partial charge in [0.05, 0.1) is 17.4 Å². The lowest BCUT2D eigenvalue weighted by molar-refractivity contribution is -0.255. The summed E-state index contributed by atoms with van der Waals surface area (Å²) in [5.74, 6) is -1.20. The van der Waals surface area contributed by atoms with E-state index in [0.29, 0.717) is 11.4 Å². The van der Waals surface area contributed by atoms with E-state index in [-0.39, 0.29) is 5.56 Å². The van der Waals surface area contributed by atoms with Crippen LogP contribution in [-0.2, 0) is 0 Å². The van der Waals surface area contributed by atoms with Crippen molar-refractivity contribution in [1.29, 1.82) is 0 Å². The number of nitrogens with two attached hydrogens (primary N) is 1. The molecule has 102 valence electrons. The number of carboxylic acid groups (broad SMARTS) is 1. The van der Waals surface area contributed by atoms with Crippen LogP contribution in [0.3, 0.4) is 0 Å². The minimum atomic E-state index is -1.20. The highest BCUT2D eigenvalue weighted by Crippen LogP contribution is 2.11. The van der Waals surface area contributed by atoms with Crippen LogP contribution in [0, 0.1) is 0 Å². The first-order chi connectivity index (χ1) is 9.56. The zero-order chi connectivity index (χ0) is 14.5. The average Bonchev–Trinajstić information content (AvgIpc) is 2.46. The standard InChI is InChI=1S/C15H15N3O2/c1-10(11-2-6-13(16)7-3-11)17-18-14-8-4-12(5-9-14)15(19)20/h2-9,18H,16H2,1H3,(H,19,20)/p-1/b17-10-. The second-order valence-corrected chi connectivity index (χ2v) is 4.30. The molecule has 3 N–H and O–H groups in total. The lowest BCUT2D eigenvalue weighted by Gasteiger charge is -2.06. The summed E-state index contributed by atoms with van der Waals surface area (Å²) in [7, 11) is 0. The average molecular weight is 268 g/mol. The van der Waals surface area contributed by atoms with Gasteiger partial charge in [-0.25, -0.2) is 0 Å². The molecule has 5 heteroatoms. The maximum atomic E-state index is 10.6. The summed E-state index contributed by atoms with van der Waals surface area (Å²) in [5.41, 5.74) is 11.8. The van der Waals surface area contributed by atoms with E-state index in [4.69, 9.17) is 5.73 Å². The van der Waals surface area contributed by atoms with Crippen LogP contribution in [0.1, 0.15) is 22.8 Å². The third kappa shape index (κ3) is 3.35. The predicted octanol–water partition coefficient (Wildman–Crippen LogP) is 1.47. The quantitative estimate of drug-likeness (QED) is 0.499. The Morgan fingerprint density at radius 2 is 1.60 bits per heavy atom. The number of hydrazone groups is 1. The van der Waals surface area contributed by atoms with Crippen molar-refractivity contribution in [3.05, 3.63) is 59.7 Å². The molecule has 2 rings (SSSR count). The van der Waals surface area contributed by atoms with Gasteiger partial charge in [0.2, 0.25) is 0 Å². The van der Waals surface area contributed by atoms with Gasteiger partial charge in [0.1, 0.15) is 0 Å². The van der Waals surface area contributed by atoms with Crippen molar-refractivity contribution >= 4 is 23.1 Å². The van der Waals surface area contributed by atoms with Gasteiger partial charge < -0.3 is 15.6 Å². The van der Waals surface area contributed by atoms with Crippen LogP contribution in [0.5, 0.6) is 0 Å². The number of rotatable bonds is 4. The molecule has 0 aliphatic heterocycles. The van der Waals surface area contributed by atoms with Gasteiger partial charge in [-0.1, -0.05) is 24.3 Å². The fourth-order valence-electron chi connectivity index (χ4n) is 1.62. The zero-order valence-corrected chi connectivity index (χ0v) is 11.0. The minimum absolute atomic E-state index is 0.134. The molecule has 2 aromatic carbocycles. The van der Waals surface area contributed by atoms with Gasteiger partial charge in [0, 0.05) is 5.69 Å². The van der Waals surface area contributed by atoms with E-state index >= 15 is 0 Å². The molecular formula is C15H14N3O2-. The summed E-state index contributed by atoms with van der Waals surface area (Å²) < 4.78 is 0. The number of carbonyl (C=O) groups excluding carboxylic acids is 1. The first-order valence-corrected chi connectivity index (χ1v) is 6.04. The Bertz CT molecular complexity index is 631. The van der Waals surface area contributed by atoms with Crippen molar-refractivity contribution < 1.29 is 9.90 Å². The molecule has 0 saturated heterocycles. The third-order valence-corrected chi connectivity index (χ3v) is 2.80. The van der Waals surface area contributed by atoms with E-state index in [9.17, 15) is 9.90 Å². The molecule has 0 heterocycles. The lowest BCUT2D eigenvalue weighted by Crippen LogP contribution is -2.21. The second-order valence-electron chi connectivity index (χ2n) is 4.30. The summed E-state index contributed by atoms with van der Waals surface area (Å²) in [4.78, 5) is 10.6. The smallest absolute Gasteiger partial charge is 0.0715 e. The number of nitrogens with zero attached hydrogens (tertiary/aromatic N) is 1. The lowest BCUT2D eigenvalue weighted by atomic mass is 10.1. The van der Waals surface area contributed by atoms with Crippen molar-refractivity contribution in [2.24, 2.45) is 5.10 Å². The Morgan fingerprint density at radius 3 is 2.15 bits per heavy atom. The summed E-state index contributed by atoms with van der Waals surface area (Å²) in [5, 5.41) is 14.9. The molecule has 20 heavy (non-hydrogen) atoms. The van der Waals surface area contributed by atoms with Crippen molar-refractivity contribution in [2.75, 3.05) is 11.2 Å². The molecule has 5 nitrogen and oxygen atoms in total. The molecule has 0 aliphatic rings. The molecule has 0 bridgehead atoms. The summed E-state index contributed by atoms with van der Waals surface area (Å²) in [6, 6.07) is 13.6. The maximum Gasteiger partial charge on any atom is 0.0715 e. The van der Waals surface area contributed by atoms with E-state index in [0.717, 1.165) is 11.3 Å². The Morgan fingerprint density at radius 1 is 1.05 bits per heavy atom. The number of benzene rings is 2. The van der Waals surface area contributed by atoms with Crippen molar-refractivity contribution in [1.82, 2.24) is 0 Å². The van der Waals surface area contributed by atoms with Gasteiger partial charge in [0.25, 0.3) is 0 Å². The van der Waals surface area contributed by atoms with Crippen LogP contribution in [-0.4, -0.2) is 11.7 Å². The Labute approximate surface area is 116 Å². The first kappa shape index (κ1) is 13.6. The predicted molar refractivity (Wildman–Crippen MR) is 77.5 cm³/mol. The summed E-state index contributed by atoms with van der Waals surface area (Å²) in [6.45, 7) is 1.87. The fourth-order valence-corrected chi connectivity index (χ4v) is 1.62. The van der Waals surface area contributed by atoms with E-state index in [2.05, 4.69) is 10.5 Å².